The second-order valence-electron chi connectivity index (χ2n) is 7.75. The number of nitrogens with one attached hydrogen (secondary N) is 1. The number of nitrogens with zero attached hydrogens (tertiary/aromatic N) is 2. The number of anilines is 2. The van der Waals surface area contributed by atoms with Crippen LogP contribution in [-0.4, -0.2) is 42.4 Å². The number of hydrogen-bond donors (Lipinski definition) is 1. The van der Waals surface area contributed by atoms with Crippen molar-refractivity contribution in [2.75, 3.05) is 29.9 Å². The van der Waals surface area contributed by atoms with Crippen LogP contribution in [0.3, 0.4) is 0 Å². The third-order valence-corrected chi connectivity index (χ3v) is 6.09. The third kappa shape index (κ3) is 4.45. The zero-order chi connectivity index (χ0) is 19.4. The van der Waals surface area contributed by atoms with E-state index in [-0.39, 0.29) is 23.7 Å². The normalized spacial score (nSPS) is 24.4. The molecule has 3 unspecified atom stereocenters. The molecule has 1 aromatic rings. The Morgan fingerprint density at radius 3 is 2.41 bits per heavy atom. The lowest BCUT2D eigenvalue weighted by molar-refractivity contribution is -0.137. The van der Waals surface area contributed by atoms with Gasteiger partial charge < -0.3 is 15.1 Å². The van der Waals surface area contributed by atoms with Gasteiger partial charge in [0.25, 0.3) is 0 Å². The molecule has 3 rings (SSSR count). The molecule has 1 heterocycles. The van der Waals surface area contributed by atoms with Gasteiger partial charge in [0.15, 0.2) is 0 Å². The lowest BCUT2D eigenvalue weighted by atomic mass is 9.99. The Morgan fingerprint density at radius 2 is 1.78 bits per heavy atom. The van der Waals surface area contributed by atoms with E-state index >= 15 is 0 Å². The molecule has 1 saturated heterocycles. The number of benzene rings is 1. The van der Waals surface area contributed by atoms with Crippen LogP contribution in [0.2, 0.25) is 0 Å². The summed E-state index contributed by atoms with van der Waals surface area (Å²) in [7, 11) is 0. The first-order valence-corrected chi connectivity index (χ1v) is 10.5. The summed E-state index contributed by atoms with van der Waals surface area (Å²) < 4.78 is 0. The van der Waals surface area contributed by atoms with Crippen LogP contribution in [0, 0.1) is 11.8 Å². The topological polar surface area (TPSA) is 52.7 Å². The molecule has 3 atom stereocenters. The summed E-state index contributed by atoms with van der Waals surface area (Å²) in [6, 6.07) is 8.34. The summed E-state index contributed by atoms with van der Waals surface area (Å²) in [6.45, 7) is 9.20. The fourth-order valence-electron chi connectivity index (χ4n) is 4.27. The summed E-state index contributed by atoms with van der Waals surface area (Å²) >= 11 is 0. The first kappa shape index (κ1) is 19.7. The van der Waals surface area contributed by atoms with E-state index < -0.39 is 0 Å². The quantitative estimate of drug-likeness (QED) is 0.791. The Balaban J connectivity index is 1.54. The van der Waals surface area contributed by atoms with Crippen molar-refractivity contribution in [1.29, 1.82) is 0 Å². The van der Waals surface area contributed by atoms with E-state index in [1.807, 2.05) is 29.2 Å². The Bertz CT molecular complexity index is 654. The zero-order valence-corrected chi connectivity index (χ0v) is 16.9. The van der Waals surface area contributed by atoms with E-state index in [4.69, 9.17) is 0 Å². The Hall–Kier alpha value is -2.04. The number of carbonyl (C=O) groups is 2. The zero-order valence-electron chi connectivity index (χ0n) is 16.9. The molecule has 2 fully saturated rings. The summed E-state index contributed by atoms with van der Waals surface area (Å²) in [5.74, 6) is -0.112. The van der Waals surface area contributed by atoms with Gasteiger partial charge in [0.2, 0.25) is 11.8 Å². The lowest BCUT2D eigenvalue weighted by Crippen LogP contribution is -2.44. The summed E-state index contributed by atoms with van der Waals surface area (Å²) in [6.07, 6.45) is 5.10. The summed E-state index contributed by atoms with van der Waals surface area (Å²) in [5, 5.41) is 2.99. The molecule has 148 valence electrons. The first-order chi connectivity index (χ1) is 13.1. The SMILES string of the molecule is CCC1CCCCN1C(=O)C1CC1C(=O)Nc1ccc(N(CC)CC)cc1. The van der Waals surface area contributed by atoms with E-state index in [2.05, 4.69) is 31.0 Å². The maximum Gasteiger partial charge on any atom is 0.228 e. The van der Waals surface area contributed by atoms with Gasteiger partial charge in [0.05, 0.1) is 11.8 Å². The molecular formula is C22H33N3O2. The lowest BCUT2D eigenvalue weighted by Gasteiger charge is -2.35. The molecule has 1 aliphatic heterocycles. The van der Waals surface area contributed by atoms with Gasteiger partial charge in [-0.3, -0.25) is 9.59 Å². The second-order valence-corrected chi connectivity index (χ2v) is 7.75. The average molecular weight is 372 g/mol. The molecule has 5 nitrogen and oxygen atoms in total. The monoisotopic (exact) mass is 371 g/mol. The molecule has 0 radical (unpaired) electrons. The minimum atomic E-state index is -0.167. The Morgan fingerprint density at radius 1 is 1.07 bits per heavy atom. The fraction of sp³-hybridized carbons (Fsp3) is 0.636. The van der Waals surface area contributed by atoms with Crippen LogP contribution in [0.4, 0.5) is 11.4 Å². The minimum absolute atomic E-state index is 0.0194. The second kappa shape index (κ2) is 8.77. The van der Waals surface area contributed by atoms with Gasteiger partial charge in [-0.25, -0.2) is 0 Å². The van der Waals surface area contributed by atoms with E-state index in [0.717, 1.165) is 50.3 Å². The Labute approximate surface area is 163 Å². The number of likely N-dealkylation sites (tertiary alicyclic amines) is 1. The van der Waals surface area contributed by atoms with Crippen LogP contribution >= 0.6 is 0 Å². The van der Waals surface area contributed by atoms with Crippen LogP contribution in [0.5, 0.6) is 0 Å². The fourth-order valence-corrected chi connectivity index (χ4v) is 4.27. The van der Waals surface area contributed by atoms with Crippen LogP contribution in [0.15, 0.2) is 24.3 Å². The standard InChI is InChI=1S/C22H33N3O2/c1-4-17-9-7-8-14-25(17)22(27)20-15-19(20)21(26)23-16-10-12-18(13-11-16)24(5-2)6-3/h10-13,17,19-20H,4-9,14-15H2,1-3H3,(H,23,26). The average Bonchev–Trinajstić information content (AvgIpc) is 3.50. The largest absolute Gasteiger partial charge is 0.372 e. The molecule has 1 aliphatic carbocycles. The van der Waals surface area contributed by atoms with Crippen LogP contribution in [0.1, 0.15) is 52.9 Å². The number of carbonyl (C=O) groups excluding carboxylic acids is 2. The highest BCUT2D eigenvalue weighted by Crippen LogP contribution is 2.42. The molecule has 1 saturated carbocycles. The number of piperidine rings is 1. The predicted octanol–water partition coefficient (Wildman–Crippen LogP) is 3.90. The molecule has 1 aromatic carbocycles. The first-order valence-electron chi connectivity index (χ1n) is 10.5. The molecule has 1 N–H and O–H groups in total. The number of rotatable bonds is 7. The summed E-state index contributed by atoms with van der Waals surface area (Å²) in [5.41, 5.74) is 1.96. The van der Waals surface area contributed by atoms with Crippen molar-refractivity contribution in [3.8, 4) is 0 Å². The van der Waals surface area contributed by atoms with Crippen molar-refractivity contribution in [2.45, 2.75) is 58.9 Å². The number of amides is 2. The molecule has 2 amide bonds. The van der Waals surface area contributed by atoms with Gasteiger partial charge in [-0.15, -0.1) is 0 Å². The molecule has 0 spiro atoms. The van der Waals surface area contributed by atoms with E-state index in [0.29, 0.717) is 12.5 Å². The molecule has 0 bridgehead atoms. The van der Waals surface area contributed by atoms with Gasteiger partial charge in [0, 0.05) is 37.1 Å². The van der Waals surface area contributed by atoms with Crippen molar-refractivity contribution < 1.29 is 9.59 Å². The smallest absolute Gasteiger partial charge is 0.228 e. The maximum absolute atomic E-state index is 12.8. The number of hydrogen-bond acceptors (Lipinski definition) is 3. The molecule has 2 aliphatic rings. The maximum atomic E-state index is 12.8. The van der Waals surface area contributed by atoms with Crippen LogP contribution in [-0.2, 0) is 9.59 Å². The van der Waals surface area contributed by atoms with Gasteiger partial charge >= 0.3 is 0 Å². The van der Waals surface area contributed by atoms with Crippen molar-refractivity contribution in [2.24, 2.45) is 11.8 Å². The summed E-state index contributed by atoms with van der Waals surface area (Å²) in [4.78, 5) is 29.7. The molecular weight excluding hydrogens is 338 g/mol. The van der Waals surface area contributed by atoms with Gasteiger partial charge in [-0.2, -0.15) is 0 Å². The highest BCUT2D eigenvalue weighted by atomic mass is 16.2. The van der Waals surface area contributed by atoms with Gasteiger partial charge in [-0.1, -0.05) is 6.92 Å². The van der Waals surface area contributed by atoms with E-state index in [1.54, 1.807) is 0 Å². The van der Waals surface area contributed by atoms with E-state index in [9.17, 15) is 9.59 Å². The Kier molecular flexibility index (Phi) is 6.40. The van der Waals surface area contributed by atoms with Crippen molar-refractivity contribution in [3.05, 3.63) is 24.3 Å². The van der Waals surface area contributed by atoms with Crippen molar-refractivity contribution >= 4 is 23.2 Å². The predicted molar refractivity (Wildman–Crippen MR) is 110 cm³/mol. The van der Waals surface area contributed by atoms with Gasteiger partial charge in [-0.05, 0) is 70.2 Å². The molecule has 27 heavy (non-hydrogen) atoms. The highest BCUT2D eigenvalue weighted by molar-refractivity contribution is 5.99. The van der Waals surface area contributed by atoms with Crippen LogP contribution in [0.25, 0.3) is 0 Å². The van der Waals surface area contributed by atoms with Crippen LogP contribution < -0.4 is 10.2 Å². The van der Waals surface area contributed by atoms with Crippen molar-refractivity contribution in [1.82, 2.24) is 4.90 Å². The van der Waals surface area contributed by atoms with E-state index in [1.165, 1.54) is 6.42 Å². The van der Waals surface area contributed by atoms with Gasteiger partial charge in [0.1, 0.15) is 0 Å². The third-order valence-electron chi connectivity index (χ3n) is 6.09. The molecule has 5 heteroatoms. The highest BCUT2D eigenvalue weighted by Gasteiger charge is 2.50. The minimum Gasteiger partial charge on any atom is -0.372 e. The molecule has 0 aromatic heterocycles. The van der Waals surface area contributed by atoms with Crippen molar-refractivity contribution in [3.63, 3.8) is 0 Å².